The van der Waals surface area contributed by atoms with Crippen LogP contribution in [0.1, 0.15) is 42.2 Å². The van der Waals surface area contributed by atoms with Gasteiger partial charge in [0.1, 0.15) is 31.0 Å². The normalized spacial score (nSPS) is 23.9. The Labute approximate surface area is 336 Å². The first-order valence-corrected chi connectivity index (χ1v) is 19.0. The highest BCUT2D eigenvalue weighted by Gasteiger charge is 2.53. The highest BCUT2D eigenvalue weighted by atomic mass is 16.8. The number of carbonyl (C=O) groups is 3. The molecule has 2 fully saturated rings. The van der Waals surface area contributed by atoms with Gasteiger partial charge in [-0.1, -0.05) is 115 Å². The number of methoxy groups -OCH3 is 1. The molecule has 0 bridgehead atoms. The van der Waals surface area contributed by atoms with E-state index < -0.39 is 67.1 Å². The molecule has 0 aromatic heterocycles. The van der Waals surface area contributed by atoms with Gasteiger partial charge in [0.15, 0.2) is 24.8 Å². The van der Waals surface area contributed by atoms with Crippen molar-refractivity contribution >= 4 is 17.9 Å². The lowest BCUT2D eigenvalue weighted by Crippen LogP contribution is -2.43. The van der Waals surface area contributed by atoms with Gasteiger partial charge in [-0.05, 0) is 47.5 Å². The topological polar surface area (TPSA) is 134 Å². The average molecular weight is 789 g/mol. The zero-order chi connectivity index (χ0) is 40.1. The van der Waals surface area contributed by atoms with Gasteiger partial charge in [-0.15, -0.1) is 0 Å². The summed E-state index contributed by atoms with van der Waals surface area (Å²) >= 11 is 0. The maximum absolute atomic E-state index is 13.5. The van der Waals surface area contributed by atoms with Crippen LogP contribution < -0.4 is 0 Å². The summed E-state index contributed by atoms with van der Waals surface area (Å²) in [7, 11) is 1.40. The molecule has 2 saturated heterocycles. The maximum atomic E-state index is 13.5. The number of rotatable bonds is 17. The maximum Gasteiger partial charge on any atom is 0.338 e. The molecule has 300 valence electrons. The van der Waals surface area contributed by atoms with E-state index in [9.17, 15) is 14.4 Å². The molecule has 0 saturated carbocycles. The van der Waals surface area contributed by atoms with Crippen LogP contribution >= 0.6 is 0 Å². The molecule has 58 heavy (non-hydrogen) atoms. The lowest BCUT2D eigenvalue weighted by Gasteiger charge is -2.26. The number of hydrogen-bond acceptors (Lipinski definition) is 12. The predicted molar refractivity (Wildman–Crippen MR) is 208 cm³/mol. The molecule has 0 radical (unpaired) electrons. The molecule has 0 unspecified atom stereocenters. The summed E-state index contributed by atoms with van der Waals surface area (Å²) in [6.45, 7) is 0.0165. The Morgan fingerprint density at radius 3 is 1.36 bits per heavy atom. The summed E-state index contributed by atoms with van der Waals surface area (Å²) in [6.07, 6.45) is -7.93. The van der Waals surface area contributed by atoms with E-state index in [4.69, 9.17) is 42.6 Å². The molecule has 0 spiro atoms. The summed E-state index contributed by atoms with van der Waals surface area (Å²) in [4.78, 5) is 39.8. The fourth-order valence-electron chi connectivity index (χ4n) is 6.69. The SMILES string of the molecule is CO[C@H]1O[C@H](CO[C@H]2O[C@H](COC(=O)c3ccccc3)[C@@H](OCc3ccccc3)[C@@H]2OCc2ccccc2)[C@@H](OC(=O)c2ccccc2)[C@@H]1OC(=O)c1ccccc1. The van der Waals surface area contributed by atoms with Crippen LogP contribution in [0.5, 0.6) is 0 Å². The third-order valence-electron chi connectivity index (χ3n) is 9.66. The second kappa shape index (κ2) is 20.1. The molecule has 12 nitrogen and oxygen atoms in total. The Hall–Kier alpha value is -5.73. The summed E-state index contributed by atoms with van der Waals surface area (Å²) in [5, 5.41) is 0. The van der Waals surface area contributed by atoms with Crippen molar-refractivity contribution in [2.75, 3.05) is 20.3 Å². The van der Waals surface area contributed by atoms with Crippen molar-refractivity contribution in [2.24, 2.45) is 0 Å². The minimum atomic E-state index is -1.17. The van der Waals surface area contributed by atoms with Gasteiger partial charge >= 0.3 is 17.9 Å². The van der Waals surface area contributed by atoms with E-state index >= 15 is 0 Å². The van der Waals surface area contributed by atoms with Crippen LogP contribution in [-0.2, 0) is 55.8 Å². The van der Waals surface area contributed by atoms with E-state index in [0.717, 1.165) is 11.1 Å². The highest BCUT2D eigenvalue weighted by molar-refractivity contribution is 5.90. The molecule has 5 aromatic rings. The van der Waals surface area contributed by atoms with Crippen molar-refractivity contribution in [2.45, 2.75) is 62.4 Å². The highest BCUT2D eigenvalue weighted by Crippen LogP contribution is 2.33. The van der Waals surface area contributed by atoms with E-state index in [-0.39, 0.29) is 32.0 Å². The monoisotopic (exact) mass is 788 g/mol. The molecule has 12 heteroatoms. The fraction of sp³-hybridized carbons (Fsp3) is 0.283. The molecule has 8 atom stereocenters. The predicted octanol–water partition coefficient (Wildman–Crippen LogP) is 6.58. The Kier molecular flexibility index (Phi) is 14.0. The van der Waals surface area contributed by atoms with Crippen molar-refractivity contribution < 1.29 is 57.0 Å². The van der Waals surface area contributed by atoms with E-state index in [1.54, 1.807) is 84.9 Å². The van der Waals surface area contributed by atoms with Crippen molar-refractivity contribution in [1.82, 2.24) is 0 Å². The van der Waals surface area contributed by atoms with Crippen molar-refractivity contribution in [1.29, 1.82) is 0 Å². The van der Waals surface area contributed by atoms with Crippen LogP contribution in [0, 0.1) is 0 Å². The zero-order valence-electron chi connectivity index (χ0n) is 31.8. The van der Waals surface area contributed by atoms with Crippen LogP contribution in [0.25, 0.3) is 0 Å². The number of esters is 3. The van der Waals surface area contributed by atoms with Crippen LogP contribution in [0.2, 0.25) is 0 Å². The number of benzene rings is 5. The molecule has 7 rings (SSSR count). The fourth-order valence-corrected chi connectivity index (χ4v) is 6.69. The van der Waals surface area contributed by atoms with Gasteiger partial charge in [-0.3, -0.25) is 0 Å². The first-order valence-electron chi connectivity index (χ1n) is 19.0. The molecule has 0 aliphatic carbocycles. The Morgan fingerprint density at radius 2 is 0.862 bits per heavy atom. The molecule has 0 N–H and O–H groups in total. The number of hydrogen-bond donors (Lipinski definition) is 0. The van der Waals surface area contributed by atoms with Crippen LogP contribution in [-0.4, -0.2) is 87.4 Å². The van der Waals surface area contributed by atoms with Gasteiger partial charge in [0, 0.05) is 7.11 Å². The minimum Gasteiger partial charge on any atom is -0.459 e. The molecule has 5 aromatic carbocycles. The van der Waals surface area contributed by atoms with Gasteiger partial charge in [-0.25, -0.2) is 14.4 Å². The van der Waals surface area contributed by atoms with E-state index in [1.807, 2.05) is 66.7 Å². The minimum absolute atomic E-state index is 0.168. The first kappa shape index (κ1) is 40.5. The van der Waals surface area contributed by atoms with Gasteiger partial charge < -0.3 is 42.6 Å². The molecular formula is C46H44O12. The second-order valence-electron chi connectivity index (χ2n) is 13.6. The van der Waals surface area contributed by atoms with Crippen LogP contribution in [0.3, 0.4) is 0 Å². The molecule has 0 amide bonds. The molecule has 2 heterocycles. The molecular weight excluding hydrogens is 744 g/mol. The lowest BCUT2D eigenvalue weighted by molar-refractivity contribution is -0.209. The summed E-state index contributed by atoms with van der Waals surface area (Å²) in [5.74, 6) is -1.84. The smallest absolute Gasteiger partial charge is 0.338 e. The summed E-state index contributed by atoms with van der Waals surface area (Å²) in [5.41, 5.74) is 2.79. The van der Waals surface area contributed by atoms with E-state index in [2.05, 4.69) is 0 Å². The average Bonchev–Trinajstić information content (AvgIpc) is 3.79. The Morgan fingerprint density at radius 1 is 0.448 bits per heavy atom. The van der Waals surface area contributed by atoms with Gasteiger partial charge in [0.25, 0.3) is 0 Å². The quantitative estimate of drug-likeness (QED) is 0.0745. The largest absolute Gasteiger partial charge is 0.459 e. The summed E-state index contributed by atoms with van der Waals surface area (Å²) in [6, 6.07) is 44.7. The van der Waals surface area contributed by atoms with Gasteiger partial charge in [0.05, 0.1) is 36.5 Å². The van der Waals surface area contributed by atoms with E-state index in [1.165, 1.54) is 7.11 Å². The third-order valence-corrected chi connectivity index (χ3v) is 9.66. The first-order chi connectivity index (χ1) is 28.5. The zero-order valence-corrected chi connectivity index (χ0v) is 31.8. The standard InChI is InChI=1S/C46H44O12/c1-50-45-41(58-44(49)35-25-15-6-16-26-35)39(57-43(48)34-23-13-5-14-24-34)37(55-45)30-54-46-40(52-28-32-19-9-3-10-20-32)38(51-27-31-17-7-2-8-18-31)36(56-46)29-53-42(47)33-21-11-4-12-22-33/h2-26,36-41,45-46H,27-30H2,1H3/t36-,37-,38-,39-,40+,41+,45+,46+/m1/s1. The van der Waals surface area contributed by atoms with Gasteiger partial charge in [-0.2, -0.15) is 0 Å². The second-order valence-corrected chi connectivity index (χ2v) is 13.6. The summed E-state index contributed by atoms with van der Waals surface area (Å²) < 4.78 is 55.5. The van der Waals surface area contributed by atoms with Crippen molar-refractivity contribution in [3.8, 4) is 0 Å². The third kappa shape index (κ3) is 10.4. The number of carbonyl (C=O) groups excluding carboxylic acids is 3. The lowest BCUT2D eigenvalue weighted by atomic mass is 10.1. The molecule has 2 aliphatic rings. The van der Waals surface area contributed by atoms with E-state index in [0.29, 0.717) is 11.1 Å². The molecule has 2 aliphatic heterocycles. The van der Waals surface area contributed by atoms with Crippen LogP contribution in [0.15, 0.2) is 152 Å². The van der Waals surface area contributed by atoms with Crippen LogP contribution in [0.4, 0.5) is 0 Å². The number of ether oxygens (including phenoxy) is 9. The Bertz CT molecular complexity index is 2030. The Balaban J connectivity index is 1.14. The van der Waals surface area contributed by atoms with Crippen molar-refractivity contribution in [3.05, 3.63) is 179 Å². The van der Waals surface area contributed by atoms with Gasteiger partial charge in [0.2, 0.25) is 0 Å². The van der Waals surface area contributed by atoms with Crippen molar-refractivity contribution in [3.63, 3.8) is 0 Å².